The van der Waals surface area contributed by atoms with E-state index in [0.717, 1.165) is 31.5 Å². The molecule has 0 atom stereocenters. The largest absolute Gasteiger partial charge is 0.496 e. The molecule has 26 heavy (non-hydrogen) atoms. The van der Waals surface area contributed by atoms with Gasteiger partial charge in [-0.3, -0.25) is 19.7 Å². The summed E-state index contributed by atoms with van der Waals surface area (Å²) in [6, 6.07) is 4.58. The summed E-state index contributed by atoms with van der Waals surface area (Å²) in [5.41, 5.74) is 0.786. The lowest BCUT2D eigenvalue weighted by molar-refractivity contribution is -0.922. The van der Waals surface area contributed by atoms with Gasteiger partial charge in [0.15, 0.2) is 0 Å². The van der Waals surface area contributed by atoms with E-state index in [1.165, 1.54) is 13.2 Å². The van der Waals surface area contributed by atoms with Gasteiger partial charge in [-0.05, 0) is 6.07 Å². The molecule has 0 heterocycles. The maximum Gasteiger partial charge on any atom is 0.270 e. The van der Waals surface area contributed by atoms with Crippen molar-refractivity contribution in [2.24, 2.45) is 0 Å². The van der Waals surface area contributed by atoms with Crippen LogP contribution in [0.15, 0.2) is 18.2 Å². The number of hydrogen-bond donors (Lipinski definition) is 2. The molecule has 2 N–H and O–H groups in total. The number of hydrogen-bond acceptors (Lipinski definition) is 5. The fourth-order valence-electron chi connectivity index (χ4n) is 2.93. The van der Waals surface area contributed by atoms with E-state index in [9.17, 15) is 19.7 Å². The molecule has 9 nitrogen and oxygen atoms in total. The first-order valence-electron chi connectivity index (χ1n) is 8.44. The fraction of sp³-hybridized carbons (Fsp3) is 0.529. The van der Waals surface area contributed by atoms with E-state index in [-0.39, 0.29) is 5.69 Å². The Bertz CT molecular complexity index is 593. The molecule has 0 aromatic heterocycles. The van der Waals surface area contributed by atoms with Gasteiger partial charge in [-0.2, -0.15) is 0 Å². The first-order valence-corrected chi connectivity index (χ1v) is 8.44. The van der Waals surface area contributed by atoms with E-state index in [1.54, 1.807) is 12.1 Å². The molecule has 9 heteroatoms. The number of carbonyl (C=O) groups is 2. The third-order valence-corrected chi connectivity index (χ3v) is 4.23. The summed E-state index contributed by atoms with van der Waals surface area (Å²) in [5.74, 6) is 0.608. The van der Waals surface area contributed by atoms with Gasteiger partial charge in [-0.1, -0.05) is 0 Å². The van der Waals surface area contributed by atoms with Crippen molar-refractivity contribution < 1.29 is 23.7 Å². The van der Waals surface area contributed by atoms with Crippen LogP contribution in [0.2, 0.25) is 0 Å². The predicted molar refractivity (Wildman–Crippen MR) is 96.6 cm³/mol. The Kier molecular flexibility index (Phi) is 9.07. The quantitative estimate of drug-likeness (QED) is 0.166. The summed E-state index contributed by atoms with van der Waals surface area (Å²) in [5, 5.41) is 16.4. The number of ether oxygens (including phenoxy) is 1. The van der Waals surface area contributed by atoms with E-state index >= 15 is 0 Å². The van der Waals surface area contributed by atoms with Gasteiger partial charge >= 0.3 is 0 Å². The zero-order chi connectivity index (χ0) is 19.4. The van der Waals surface area contributed by atoms with Crippen molar-refractivity contribution in [1.29, 1.82) is 0 Å². The van der Waals surface area contributed by atoms with Crippen molar-refractivity contribution in [2.75, 3.05) is 40.3 Å². The molecule has 2 amide bonds. The lowest BCUT2D eigenvalue weighted by Crippen LogP contribution is -2.46. The van der Waals surface area contributed by atoms with Crippen LogP contribution >= 0.6 is 0 Å². The molecule has 0 aliphatic heterocycles. The highest BCUT2D eigenvalue weighted by atomic mass is 16.6. The van der Waals surface area contributed by atoms with Crippen LogP contribution < -0.4 is 15.4 Å². The number of rotatable bonds is 14. The second-order valence-corrected chi connectivity index (χ2v) is 6.33. The molecular formula is C17H27N4O5+. The molecule has 0 bridgehead atoms. The van der Waals surface area contributed by atoms with Crippen LogP contribution in [0.4, 0.5) is 5.69 Å². The third kappa shape index (κ3) is 7.06. The van der Waals surface area contributed by atoms with Crippen LogP contribution in [0.1, 0.15) is 18.4 Å². The molecule has 0 aliphatic rings. The molecule has 0 saturated carbocycles. The maximum absolute atomic E-state index is 11.1. The van der Waals surface area contributed by atoms with E-state index < -0.39 is 4.92 Å². The van der Waals surface area contributed by atoms with Gasteiger partial charge in [-0.15, -0.1) is 0 Å². The molecule has 1 aromatic rings. The minimum Gasteiger partial charge on any atom is -0.496 e. The number of nitro benzene ring substituents is 1. The van der Waals surface area contributed by atoms with E-state index in [2.05, 4.69) is 17.7 Å². The van der Waals surface area contributed by atoms with Crippen LogP contribution in [-0.4, -0.2) is 62.6 Å². The third-order valence-electron chi connectivity index (χ3n) is 4.23. The Balaban J connectivity index is 2.94. The molecule has 0 saturated heterocycles. The molecule has 0 spiro atoms. The summed E-state index contributed by atoms with van der Waals surface area (Å²) in [6.07, 6.45) is 2.88. The molecule has 1 aromatic carbocycles. The SMILES string of the molecule is COc1ccc([N+](=O)[O-])cc1C[N+](C)(CCCNC=O)CCCNC=O. The van der Waals surface area contributed by atoms with Gasteiger partial charge < -0.3 is 19.9 Å². The van der Waals surface area contributed by atoms with Crippen molar-refractivity contribution in [1.82, 2.24) is 10.6 Å². The lowest BCUT2D eigenvalue weighted by Gasteiger charge is -2.35. The van der Waals surface area contributed by atoms with Crippen molar-refractivity contribution in [3.05, 3.63) is 33.9 Å². The Morgan fingerprint density at radius 2 is 1.73 bits per heavy atom. The van der Waals surface area contributed by atoms with E-state index in [0.29, 0.717) is 42.7 Å². The fourth-order valence-corrected chi connectivity index (χ4v) is 2.93. The highest BCUT2D eigenvalue weighted by Gasteiger charge is 2.25. The van der Waals surface area contributed by atoms with E-state index in [4.69, 9.17) is 4.74 Å². The van der Waals surface area contributed by atoms with Crippen LogP contribution in [-0.2, 0) is 16.1 Å². The number of methoxy groups -OCH3 is 1. The lowest BCUT2D eigenvalue weighted by atomic mass is 10.1. The van der Waals surface area contributed by atoms with E-state index in [1.807, 2.05) is 0 Å². The minimum atomic E-state index is -0.421. The highest BCUT2D eigenvalue weighted by molar-refractivity contribution is 5.46. The molecule has 0 radical (unpaired) electrons. The van der Waals surface area contributed by atoms with Crippen LogP contribution in [0.25, 0.3) is 0 Å². The number of non-ortho nitro benzene ring substituents is 1. The van der Waals surface area contributed by atoms with Crippen molar-refractivity contribution >= 4 is 18.5 Å². The normalized spacial score (nSPS) is 10.8. The number of nitro groups is 1. The minimum absolute atomic E-state index is 0.0255. The topological polar surface area (TPSA) is 111 Å². The number of amides is 2. The van der Waals surface area contributed by atoms with Gasteiger partial charge in [0.2, 0.25) is 12.8 Å². The first kappa shape index (κ1) is 21.4. The summed E-state index contributed by atoms with van der Waals surface area (Å²) in [6.45, 7) is 3.22. The Morgan fingerprint density at radius 1 is 1.15 bits per heavy atom. The average Bonchev–Trinajstić information content (AvgIpc) is 2.62. The van der Waals surface area contributed by atoms with Gasteiger partial charge in [0.25, 0.3) is 5.69 Å². The summed E-state index contributed by atoms with van der Waals surface area (Å²) < 4.78 is 5.97. The Labute approximate surface area is 153 Å². The van der Waals surface area contributed by atoms with Gasteiger partial charge in [-0.25, -0.2) is 0 Å². The van der Waals surface area contributed by atoms with Crippen LogP contribution in [0.3, 0.4) is 0 Å². The molecule has 1 rings (SSSR count). The second kappa shape index (κ2) is 11.0. The average molecular weight is 367 g/mol. The van der Waals surface area contributed by atoms with Crippen molar-refractivity contribution in [3.63, 3.8) is 0 Å². The number of carbonyl (C=O) groups excluding carboxylic acids is 2. The maximum atomic E-state index is 11.1. The summed E-state index contributed by atoms with van der Waals surface area (Å²) in [4.78, 5) is 31.5. The number of quaternary nitrogens is 1. The van der Waals surface area contributed by atoms with Gasteiger partial charge in [0, 0.05) is 38.1 Å². The monoisotopic (exact) mass is 367 g/mol. The molecule has 0 fully saturated rings. The zero-order valence-electron chi connectivity index (χ0n) is 15.3. The van der Waals surface area contributed by atoms with Crippen molar-refractivity contribution in [3.8, 4) is 5.75 Å². The molecule has 144 valence electrons. The Hall–Kier alpha value is -2.68. The standard InChI is InChI=1S/C17H26N4O5/c1-21(9-3-7-18-13-22,10-4-8-19-14-23)12-15-11-16(20(24)25)5-6-17(15)26-2/h5-6,11,13-14H,3-4,7-10,12H2,1-2H3,(H-,18,19,22,23)/p+1. The van der Waals surface area contributed by atoms with Gasteiger partial charge in [0.05, 0.1) is 37.7 Å². The molecule has 0 aliphatic carbocycles. The number of nitrogens with zero attached hydrogens (tertiary/aromatic N) is 2. The van der Waals surface area contributed by atoms with Crippen molar-refractivity contribution in [2.45, 2.75) is 19.4 Å². The smallest absolute Gasteiger partial charge is 0.270 e. The highest BCUT2D eigenvalue weighted by Crippen LogP contribution is 2.27. The Morgan fingerprint density at radius 3 is 2.19 bits per heavy atom. The molecule has 0 unspecified atom stereocenters. The number of benzene rings is 1. The summed E-state index contributed by atoms with van der Waals surface area (Å²) >= 11 is 0. The molecular weight excluding hydrogens is 340 g/mol. The van der Waals surface area contributed by atoms with Crippen LogP contribution in [0, 0.1) is 10.1 Å². The van der Waals surface area contributed by atoms with Crippen LogP contribution in [0.5, 0.6) is 5.75 Å². The van der Waals surface area contributed by atoms with Gasteiger partial charge in [0.1, 0.15) is 12.3 Å². The zero-order valence-corrected chi connectivity index (χ0v) is 15.3. The first-order chi connectivity index (χ1) is 12.5. The second-order valence-electron chi connectivity index (χ2n) is 6.33. The predicted octanol–water partition coefficient (Wildman–Crippen LogP) is 0.822. The number of nitrogens with one attached hydrogen (secondary N) is 2. The summed E-state index contributed by atoms with van der Waals surface area (Å²) in [7, 11) is 3.59.